The molecule has 1 aromatic carbocycles. The van der Waals surface area contributed by atoms with Gasteiger partial charge in [0.1, 0.15) is 12.2 Å². The molecule has 0 atom stereocenters. The number of carboxylic acids is 1. The summed E-state index contributed by atoms with van der Waals surface area (Å²) >= 11 is 1.74. The smallest absolute Gasteiger partial charge is 0.325 e. The third-order valence-corrected chi connectivity index (χ3v) is 3.82. The summed E-state index contributed by atoms with van der Waals surface area (Å²) in [6.07, 6.45) is 1.50. The highest BCUT2D eigenvalue weighted by Gasteiger charge is 2.08. The molecule has 8 heteroatoms. The van der Waals surface area contributed by atoms with Gasteiger partial charge in [-0.25, -0.2) is 4.68 Å². The van der Waals surface area contributed by atoms with Crippen molar-refractivity contribution in [3.8, 4) is 0 Å². The van der Waals surface area contributed by atoms with E-state index in [-0.39, 0.29) is 19.0 Å². The molecule has 1 heterocycles. The number of carboxylic acid groups (broad SMARTS) is 1. The topological polar surface area (TPSA) is 97.1 Å². The second-order valence-electron chi connectivity index (χ2n) is 5.17. The van der Waals surface area contributed by atoms with Crippen LogP contribution in [-0.4, -0.2) is 37.2 Å². The molecule has 0 spiro atoms. The Bertz CT molecular complexity index is 682. The molecule has 0 saturated carbocycles. The van der Waals surface area contributed by atoms with Gasteiger partial charge in [-0.15, -0.1) is 16.9 Å². The second kappa shape index (κ2) is 7.77. The fourth-order valence-corrected chi connectivity index (χ4v) is 2.70. The van der Waals surface area contributed by atoms with Gasteiger partial charge in [0.2, 0.25) is 0 Å². The maximum absolute atomic E-state index is 12.1. The van der Waals surface area contributed by atoms with Crippen LogP contribution in [0.3, 0.4) is 0 Å². The van der Waals surface area contributed by atoms with Crippen molar-refractivity contribution in [1.82, 2.24) is 20.3 Å². The SMILES string of the molecule is CC(C)Sc1ccc(C(=O)NCc2cn(CC(=O)O)nn2)cc1. The molecule has 0 bridgehead atoms. The average Bonchev–Trinajstić information content (AvgIpc) is 2.91. The highest BCUT2D eigenvalue weighted by Crippen LogP contribution is 2.22. The maximum atomic E-state index is 12.1. The number of rotatable bonds is 7. The van der Waals surface area contributed by atoms with Crippen LogP contribution in [0.15, 0.2) is 35.4 Å². The van der Waals surface area contributed by atoms with Crippen LogP contribution in [-0.2, 0) is 17.9 Å². The largest absolute Gasteiger partial charge is 0.480 e. The Kier molecular flexibility index (Phi) is 5.75. The quantitative estimate of drug-likeness (QED) is 0.749. The van der Waals surface area contributed by atoms with Crippen molar-refractivity contribution in [2.45, 2.75) is 37.1 Å². The second-order valence-corrected chi connectivity index (χ2v) is 6.82. The number of amides is 1. The van der Waals surface area contributed by atoms with Crippen LogP contribution < -0.4 is 5.32 Å². The van der Waals surface area contributed by atoms with E-state index in [0.717, 1.165) is 4.90 Å². The number of carbonyl (C=O) groups excluding carboxylic acids is 1. The molecule has 2 rings (SSSR count). The minimum Gasteiger partial charge on any atom is -0.480 e. The summed E-state index contributed by atoms with van der Waals surface area (Å²) in [6, 6.07) is 7.40. The van der Waals surface area contributed by atoms with Gasteiger partial charge < -0.3 is 10.4 Å². The van der Waals surface area contributed by atoms with Crippen molar-refractivity contribution in [2.75, 3.05) is 0 Å². The Hall–Kier alpha value is -2.35. The predicted molar refractivity (Wildman–Crippen MR) is 86.3 cm³/mol. The van der Waals surface area contributed by atoms with Crippen LogP contribution in [0.1, 0.15) is 29.9 Å². The molecule has 2 N–H and O–H groups in total. The first-order chi connectivity index (χ1) is 10.9. The fourth-order valence-electron chi connectivity index (χ4n) is 1.87. The predicted octanol–water partition coefficient (Wildman–Crippen LogP) is 1.79. The zero-order chi connectivity index (χ0) is 16.8. The molecule has 7 nitrogen and oxygen atoms in total. The van der Waals surface area contributed by atoms with Gasteiger partial charge in [0.15, 0.2) is 0 Å². The van der Waals surface area contributed by atoms with E-state index in [4.69, 9.17) is 5.11 Å². The van der Waals surface area contributed by atoms with Crippen LogP contribution in [0.5, 0.6) is 0 Å². The summed E-state index contributed by atoms with van der Waals surface area (Å²) in [7, 11) is 0. The molecule has 122 valence electrons. The van der Waals surface area contributed by atoms with E-state index in [9.17, 15) is 9.59 Å². The minimum absolute atomic E-state index is 0.195. The number of nitrogens with zero attached hydrogens (tertiary/aromatic N) is 3. The first-order valence-corrected chi connectivity index (χ1v) is 7.97. The highest BCUT2D eigenvalue weighted by atomic mass is 32.2. The highest BCUT2D eigenvalue weighted by molar-refractivity contribution is 7.99. The first-order valence-electron chi connectivity index (χ1n) is 7.10. The van der Waals surface area contributed by atoms with Crippen LogP contribution in [0, 0.1) is 0 Å². The molecule has 0 fully saturated rings. The number of carbonyl (C=O) groups is 2. The van der Waals surface area contributed by atoms with Crippen molar-refractivity contribution in [3.63, 3.8) is 0 Å². The molecule has 1 aromatic heterocycles. The normalized spacial score (nSPS) is 10.7. The number of aromatic nitrogens is 3. The number of hydrogen-bond donors (Lipinski definition) is 2. The Labute approximate surface area is 138 Å². The van der Waals surface area contributed by atoms with Gasteiger partial charge in [0.05, 0.1) is 12.7 Å². The Morgan fingerprint density at radius 3 is 2.61 bits per heavy atom. The van der Waals surface area contributed by atoms with E-state index < -0.39 is 5.97 Å². The van der Waals surface area contributed by atoms with Gasteiger partial charge in [-0.2, -0.15) is 0 Å². The number of hydrogen-bond acceptors (Lipinski definition) is 5. The minimum atomic E-state index is -0.996. The lowest BCUT2D eigenvalue weighted by atomic mass is 10.2. The summed E-state index contributed by atoms with van der Waals surface area (Å²) in [5, 5.41) is 19.4. The van der Waals surface area contributed by atoms with Gasteiger partial charge in [0.25, 0.3) is 5.91 Å². The van der Waals surface area contributed by atoms with Gasteiger partial charge in [-0.3, -0.25) is 9.59 Å². The number of benzene rings is 1. The van der Waals surface area contributed by atoms with Gasteiger partial charge in [-0.1, -0.05) is 19.1 Å². The number of nitrogens with one attached hydrogen (secondary N) is 1. The van der Waals surface area contributed by atoms with Crippen LogP contribution in [0.25, 0.3) is 0 Å². The molecule has 2 aromatic rings. The lowest BCUT2D eigenvalue weighted by molar-refractivity contribution is -0.137. The van der Waals surface area contributed by atoms with Crippen molar-refractivity contribution in [1.29, 1.82) is 0 Å². The summed E-state index contributed by atoms with van der Waals surface area (Å²) in [5.41, 5.74) is 1.07. The molecule has 0 unspecified atom stereocenters. The molecular formula is C15H18N4O3S. The Morgan fingerprint density at radius 1 is 1.30 bits per heavy atom. The number of aliphatic carboxylic acids is 1. The zero-order valence-corrected chi connectivity index (χ0v) is 13.7. The van der Waals surface area contributed by atoms with Crippen molar-refractivity contribution >= 4 is 23.6 Å². The molecule has 0 radical (unpaired) electrons. The lowest BCUT2D eigenvalue weighted by Crippen LogP contribution is -2.22. The van der Waals surface area contributed by atoms with E-state index in [1.165, 1.54) is 10.9 Å². The van der Waals surface area contributed by atoms with Crippen LogP contribution >= 0.6 is 11.8 Å². The Balaban J connectivity index is 1.89. The van der Waals surface area contributed by atoms with Crippen LogP contribution in [0.2, 0.25) is 0 Å². The van der Waals surface area contributed by atoms with Crippen LogP contribution in [0.4, 0.5) is 0 Å². The summed E-state index contributed by atoms with van der Waals surface area (Å²) in [5.74, 6) is -1.20. The first kappa shape index (κ1) is 17.0. The average molecular weight is 334 g/mol. The zero-order valence-electron chi connectivity index (χ0n) is 12.9. The molecule has 0 saturated heterocycles. The summed E-state index contributed by atoms with van der Waals surface area (Å²) < 4.78 is 1.21. The standard InChI is InChI=1S/C15H18N4O3S/c1-10(2)23-13-5-3-11(4-6-13)15(22)16-7-12-8-19(18-17-12)9-14(20)21/h3-6,8,10H,7,9H2,1-2H3,(H,16,22)(H,20,21). The van der Waals surface area contributed by atoms with E-state index in [0.29, 0.717) is 16.5 Å². The van der Waals surface area contributed by atoms with Crippen molar-refractivity contribution in [2.24, 2.45) is 0 Å². The summed E-state index contributed by atoms with van der Waals surface area (Å²) in [4.78, 5) is 23.8. The monoisotopic (exact) mass is 334 g/mol. The Morgan fingerprint density at radius 2 is 2.00 bits per heavy atom. The molecule has 0 aliphatic carbocycles. The molecule has 0 aliphatic heterocycles. The van der Waals surface area contributed by atoms with E-state index in [1.54, 1.807) is 23.9 Å². The summed E-state index contributed by atoms with van der Waals surface area (Å²) in [6.45, 7) is 4.17. The molecule has 23 heavy (non-hydrogen) atoms. The molecule has 1 amide bonds. The number of thioether (sulfide) groups is 1. The van der Waals surface area contributed by atoms with Crippen molar-refractivity contribution < 1.29 is 14.7 Å². The van der Waals surface area contributed by atoms with Gasteiger partial charge in [0, 0.05) is 15.7 Å². The molecular weight excluding hydrogens is 316 g/mol. The lowest BCUT2D eigenvalue weighted by Gasteiger charge is -2.06. The maximum Gasteiger partial charge on any atom is 0.325 e. The van der Waals surface area contributed by atoms with Gasteiger partial charge >= 0.3 is 5.97 Å². The van der Waals surface area contributed by atoms with E-state index in [2.05, 4.69) is 29.5 Å². The third-order valence-electron chi connectivity index (χ3n) is 2.80. The van der Waals surface area contributed by atoms with Gasteiger partial charge in [-0.05, 0) is 24.3 Å². The third kappa shape index (κ3) is 5.41. The fraction of sp³-hybridized carbons (Fsp3) is 0.333. The van der Waals surface area contributed by atoms with E-state index in [1.807, 2.05) is 12.1 Å². The van der Waals surface area contributed by atoms with Crippen molar-refractivity contribution in [3.05, 3.63) is 41.7 Å². The molecule has 0 aliphatic rings. The van der Waals surface area contributed by atoms with E-state index >= 15 is 0 Å².